The molecule has 14 heavy (non-hydrogen) atoms. The molecule has 2 rings (SSSR count). The summed E-state index contributed by atoms with van der Waals surface area (Å²) >= 11 is 7.53. The molecule has 0 atom stereocenters. The number of fused-ring (bicyclic) bond motifs is 1. The van der Waals surface area contributed by atoms with E-state index in [4.69, 9.17) is 21.6 Å². The van der Waals surface area contributed by atoms with Crippen LogP contribution in [0.2, 0.25) is 5.02 Å². The third-order valence-electron chi connectivity index (χ3n) is 1.94. The number of benzene rings is 1. The molecule has 0 unspecified atom stereocenters. The first-order chi connectivity index (χ1) is 6.76. The molecule has 0 amide bonds. The minimum atomic E-state index is 0.555. The Balaban J connectivity index is 2.82. The normalized spacial score (nSPS) is 10.1. The highest BCUT2D eigenvalue weighted by Gasteiger charge is 2.09. The largest absolute Gasteiger partial charge is 0.495 e. The zero-order chi connectivity index (χ0) is 10.1. The van der Waals surface area contributed by atoms with Gasteiger partial charge in [0.1, 0.15) is 5.75 Å². The summed E-state index contributed by atoms with van der Waals surface area (Å²) in [6.07, 6.45) is 0. The van der Waals surface area contributed by atoms with Crippen molar-refractivity contribution in [3.8, 4) is 11.8 Å². The van der Waals surface area contributed by atoms with Crippen LogP contribution in [0.25, 0.3) is 10.1 Å². The van der Waals surface area contributed by atoms with Crippen molar-refractivity contribution in [2.75, 3.05) is 7.11 Å². The molecule has 0 saturated heterocycles. The Morgan fingerprint density at radius 1 is 1.50 bits per heavy atom. The number of ether oxygens (including phenoxy) is 1. The predicted molar refractivity (Wildman–Crippen MR) is 58.1 cm³/mol. The van der Waals surface area contributed by atoms with Crippen LogP contribution in [0.15, 0.2) is 17.5 Å². The highest BCUT2D eigenvalue weighted by molar-refractivity contribution is 7.18. The van der Waals surface area contributed by atoms with Crippen LogP contribution in [-0.2, 0) is 0 Å². The first-order valence-corrected chi connectivity index (χ1v) is 5.17. The maximum Gasteiger partial charge on any atom is 0.137 e. The van der Waals surface area contributed by atoms with E-state index in [0.29, 0.717) is 10.6 Å². The molecule has 2 aromatic rings. The van der Waals surface area contributed by atoms with Crippen molar-refractivity contribution in [1.29, 1.82) is 5.26 Å². The zero-order valence-corrected chi connectivity index (χ0v) is 8.95. The topological polar surface area (TPSA) is 33.0 Å². The van der Waals surface area contributed by atoms with Crippen molar-refractivity contribution in [2.45, 2.75) is 0 Å². The number of methoxy groups -OCH3 is 1. The van der Waals surface area contributed by atoms with Crippen molar-refractivity contribution >= 4 is 33.0 Å². The summed E-state index contributed by atoms with van der Waals surface area (Å²) in [5.74, 6) is 0.768. The monoisotopic (exact) mass is 223 g/mol. The molecule has 1 aromatic heterocycles. The van der Waals surface area contributed by atoms with E-state index >= 15 is 0 Å². The van der Waals surface area contributed by atoms with Gasteiger partial charge in [0, 0.05) is 10.8 Å². The van der Waals surface area contributed by atoms with Crippen molar-refractivity contribution < 1.29 is 4.74 Å². The van der Waals surface area contributed by atoms with Gasteiger partial charge >= 0.3 is 0 Å². The lowest BCUT2D eigenvalue weighted by Gasteiger charge is -1.98. The molecule has 0 fully saturated rings. The van der Waals surface area contributed by atoms with Crippen LogP contribution < -0.4 is 4.74 Å². The summed E-state index contributed by atoms with van der Waals surface area (Å²) in [5, 5.41) is 12.2. The number of thiophene rings is 1. The van der Waals surface area contributed by atoms with Crippen LogP contribution in [-0.4, -0.2) is 7.11 Å². The molecule has 0 saturated carbocycles. The van der Waals surface area contributed by atoms with Gasteiger partial charge in [-0.1, -0.05) is 11.6 Å². The highest BCUT2D eigenvalue weighted by atomic mass is 35.5. The first-order valence-electron chi connectivity index (χ1n) is 3.91. The fraction of sp³-hybridized carbons (Fsp3) is 0.100. The quantitative estimate of drug-likeness (QED) is 0.742. The zero-order valence-electron chi connectivity index (χ0n) is 7.37. The molecule has 1 heterocycles. The van der Waals surface area contributed by atoms with Crippen LogP contribution in [0, 0.1) is 11.3 Å². The number of hydrogen-bond acceptors (Lipinski definition) is 3. The summed E-state index contributed by atoms with van der Waals surface area (Å²) in [6.45, 7) is 0. The Bertz CT molecular complexity index is 527. The number of halogens is 1. The van der Waals surface area contributed by atoms with Crippen molar-refractivity contribution in [2.24, 2.45) is 0 Å². The fourth-order valence-electron chi connectivity index (χ4n) is 1.29. The van der Waals surface area contributed by atoms with Crippen LogP contribution in [0.5, 0.6) is 5.75 Å². The Hall–Kier alpha value is -1.24. The van der Waals surface area contributed by atoms with E-state index in [0.717, 1.165) is 15.8 Å². The van der Waals surface area contributed by atoms with Crippen LogP contribution in [0.4, 0.5) is 0 Å². The molecule has 4 heteroatoms. The van der Waals surface area contributed by atoms with Gasteiger partial charge in [-0.05, 0) is 12.1 Å². The van der Waals surface area contributed by atoms with E-state index in [2.05, 4.69) is 6.07 Å². The third kappa shape index (κ3) is 1.33. The molecule has 2 nitrogen and oxygen atoms in total. The van der Waals surface area contributed by atoms with E-state index in [1.165, 1.54) is 11.3 Å². The SMILES string of the molecule is COc1csc2c(Cl)cc(C#N)cc12. The first kappa shape index (κ1) is 9.32. The van der Waals surface area contributed by atoms with E-state index < -0.39 is 0 Å². The Morgan fingerprint density at radius 3 is 2.93 bits per heavy atom. The molecule has 0 aliphatic heterocycles. The smallest absolute Gasteiger partial charge is 0.137 e. The maximum absolute atomic E-state index is 8.78. The standard InChI is InChI=1S/C10H6ClNOS/c1-13-9-5-14-10-7(9)2-6(4-12)3-8(10)11/h2-3,5H,1H3. The summed E-state index contributed by atoms with van der Waals surface area (Å²) in [6, 6.07) is 5.52. The fourth-order valence-corrected chi connectivity index (χ4v) is 2.55. The van der Waals surface area contributed by atoms with Crippen molar-refractivity contribution in [1.82, 2.24) is 0 Å². The summed E-state index contributed by atoms with van der Waals surface area (Å²) < 4.78 is 6.12. The average Bonchev–Trinajstić information content (AvgIpc) is 2.61. The molecule has 1 aromatic carbocycles. The molecular weight excluding hydrogens is 218 g/mol. The molecule has 70 valence electrons. The minimum absolute atomic E-state index is 0.555. The highest BCUT2D eigenvalue weighted by Crippen LogP contribution is 2.37. The van der Waals surface area contributed by atoms with Gasteiger partial charge in [-0.25, -0.2) is 0 Å². The van der Waals surface area contributed by atoms with Crippen LogP contribution in [0.1, 0.15) is 5.56 Å². The van der Waals surface area contributed by atoms with E-state index in [9.17, 15) is 0 Å². The van der Waals surface area contributed by atoms with Crippen LogP contribution >= 0.6 is 22.9 Å². The number of rotatable bonds is 1. The lowest BCUT2D eigenvalue weighted by atomic mass is 10.2. The summed E-state index contributed by atoms with van der Waals surface area (Å²) in [5.41, 5.74) is 0.555. The van der Waals surface area contributed by atoms with E-state index in [1.807, 2.05) is 5.38 Å². The Labute approximate surface area is 90.3 Å². The van der Waals surface area contributed by atoms with Gasteiger partial charge in [0.25, 0.3) is 0 Å². The molecule has 0 radical (unpaired) electrons. The van der Waals surface area contributed by atoms with Gasteiger partial charge in [-0.3, -0.25) is 0 Å². The van der Waals surface area contributed by atoms with Gasteiger partial charge in [0.15, 0.2) is 0 Å². The molecule has 0 aliphatic rings. The lowest BCUT2D eigenvalue weighted by molar-refractivity contribution is 0.421. The Kier molecular flexibility index (Phi) is 2.32. The maximum atomic E-state index is 8.78. The van der Waals surface area contributed by atoms with Gasteiger partial charge < -0.3 is 4.74 Å². The molecule has 0 aliphatic carbocycles. The number of nitriles is 1. The van der Waals surface area contributed by atoms with E-state index in [-0.39, 0.29) is 0 Å². The van der Waals surface area contributed by atoms with Crippen molar-refractivity contribution in [3.05, 3.63) is 28.1 Å². The second-order valence-electron chi connectivity index (χ2n) is 2.75. The second kappa shape index (κ2) is 3.49. The van der Waals surface area contributed by atoms with Gasteiger partial charge in [-0.15, -0.1) is 11.3 Å². The number of nitrogens with zero attached hydrogens (tertiary/aromatic N) is 1. The molecule has 0 N–H and O–H groups in total. The number of hydrogen-bond donors (Lipinski definition) is 0. The molecular formula is C10H6ClNOS. The second-order valence-corrected chi connectivity index (χ2v) is 4.04. The summed E-state index contributed by atoms with van der Waals surface area (Å²) in [4.78, 5) is 0. The summed E-state index contributed by atoms with van der Waals surface area (Å²) in [7, 11) is 1.61. The average molecular weight is 224 g/mol. The van der Waals surface area contributed by atoms with Gasteiger partial charge in [0.05, 0.1) is 28.5 Å². The Morgan fingerprint density at radius 2 is 2.29 bits per heavy atom. The van der Waals surface area contributed by atoms with Crippen molar-refractivity contribution in [3.63, 3.8) is 0 Å². The predicted octanol–water partition coefficient (Wildman–Crippen LogP) is 3.43. The lowest BCUT2D eigenvalue weighted by Crippen LogP contribution is -1.80. The molecule has 0 bridgehead atoms. The third-order valence-corrected chi connectivity index (χ3v) is 3.36. The molecule has 0 spiro atoms. The van der Waals surface area contributed by atoms with Gasteiger partial charge in [-0.2, -0.15) is 5.26 Å². The van der Waals surface area contributed by atoms with Crippen LogP contribution in [0.3, 0.4) is 0 Å². The van der Waals surface area contributed by atoms with E-state index in [1.54, 1.807) is 19.2 Å². The minimum Gasteiger partial charge on any atom is -0.495 e. The van der Waals surface area contributed by atoms with Gasteiger partial charge in [0.2, 0.25) is 0 Å².